The number of primary amides is 1. The van der Waals surface area contributed by atoms with Gasteiger partial charge in [0.2, 0.25) is 5.91 Å². The predicted octanol–water partition coefficient (Wildman–Crippen LogP) is 2.35. The Morgan fingerprint density at radius 3 is 2.26 bits per heavy atom. The lowest BCUT2D eigenvalue weighted by atomic mass is 10.1. The van der Waals surface area contributed by atoms with Crippen molar-refractivity contribution < 1.29 is 9.59 Å². The molecular weight excluding hydrogens is 240 g/mol. The maximum Gasteiger partial charge on any atom is 0.255 e. The van der Waals surface area contributed by atoms with E-state index in [-0.39, 0.29) is 5.91 Å². The molecule has 19 heavy (non-hydrogen) atoms. The Morgan fingerprint density at radius 2 is 1.68 bits per heavy atom. The quantitative estimate of drug-likeness (QED) is 0.882. The number of benzene rings is 2. The van der Waals surface area contributed by atoms with Crippen LogP contribution in [0.15, 0.2) is 48.5 Å². The maximum absolute atomic E-state index is 12.0. The van der Waals surface area contributed by atoms with Gasteiger partial charge in [0.25, 0.3) is 5.91 Å². The van der Waals surface area contributed by atoms with Crippen molar-refractivity contribution in [3.8, 4) is 0 Å². The summed E-state index contributed by atoms with van der Waals surface area (Å²) in [7, 11) is 0. The van der Waals surface area contributed by atoms with Crippen LogP contribution in [-0.4, -0.2) is 11.8 Å². The van der Waals surface area contributed by atoms with Crippen molar-refractivity contribution in [3.63, 3.8) is 0 Å². The largest absolute Gasteiger partial charge is 0.366 e. The molecule has 3 N–H and O–H groups in total. The zero-order valence-corrected chi connectivity index (χ0v) is 10.5. The van der Waals surface area contributed by atoms with Gasteiger partial charge >= 0.3 is 0 Å². The molecule has 0 atom stereocenters. The molecule has 0 aliphatic heterocycles. The van der Waals surface area contributed by atoms with Gasteiger partial charge in [-0.25, -0.2) is 0 Å². The van der Waals surface area contributed by atoms with Crippen LogP contribution < -0.4 is 11.1 Å². The SMILES string of the molecule is Cc1cccc(C(=O)Nc2ccc(C(N)=O)cc2)c1. The molecule has 4 nitrogen and oxygen atoms in total. The lowest BCUT2D eigenvalue weighted by molar-refractivity contribution is 0.0998. The number of carbonyl (C=O) groups excluding carboxylic acids is 2. The zero-order valence-electron chi connectivity index (χ0n) is 10.5. The van der Waals surface area contributed by atoms with Crippen molar-refractivity contribution >= 4 is 17.5 Å². The Bertz CT molecular complexity index is 618. The van der Waals surface area contributed by atoms with Gasteiger partial charge in [-0.2, -0.15) is 0 Å². The molecule has 0 fully saturated rings. The molecule has 2 rings (SSSR count). The van der Waals surface area contributed by atoms with Gasteiger partial charge in [0.15, 0.2) is 0 Å². The molecule has 4 heteroatoms. The monoisotopic (exact) mass is 254 g/mol. The predicted molar refractivity (Wildman–Crippen MR) is 74.1 cm³/mol. The van der Waals surface area contributed by atoms with Gasteiger partial charge in [0.05, 0.1) is 0 Å². The fourth-order valence-corrected chi connectivity index (χ4v) is 1.71. The van der Waals surface area contributed by atoms with Crippen LogP contribution in [0.4, 0.5) is 5.69 Å². The molecule has 0 heterocycles. The fourth-order valence-electron chi connectivity index (χ4n) is 1.71. The van der Waals surface area contributed by atoms with E-state index in [1.54, 1.807) is 30.3 Å². The van der Waals surface area contributed by atoms with E-state index in [9.17, 15) is 9.59 Å². The first-order valence-electron chi connectivity index (χ1n) is 5.84. The number of rotatable bonds is 3. The number of carbonyl (C=O) groups is 2. The number of anilines is 1. The maximum atomic E-state index is 12.0. The minimum absolute atomic E-state index is 0.185. The van der Waals surface area contributed by atoms with E-state index in [2.05, 4.69) is 5.32 Å². The number of amides is 2. The van der Waals surface area contributed by atoms with E-state index in [0.29, 0.717) is 16.8 Å². The topological polar surface area (TPSA) is 72.2 Å². The summed E-state index contributed by atoms with van der Waals surface area (Å²) >= 11 is 0. The van der Waals surface area contributed by atoms with Gasteiger partial charge in [0, 0.05) is 16.8 Å². The second-order valence-corrected chi connectivity index (χ2v) is 4.27. The molecule has 2 aromatic carbocycles. The van der Waals surface area contributed by atoms with E-state index in [1.165, 1.54) is 0 Å². The molecule has 0 aliphatic carbocycles. The first kappa shape index (κ1) is 12.8. The second kappa shape index (κ2) is 5.35. The van der Waals surface area contributed by atoms with Crippen molar-refractivity contribution in [1.82, 2.24) is 0 Å². The smallest absolute Gasteiger partial charge is 0.255 e. The van der Waals surface area contributed by atoms with Gasteiger partial charge < -0.3 is 11.1 Å². The zero-order chi connectivity index (χ0) is 13.8. The third-order valence-corrected chi connectivity index (χ3v) is 2.71. The first-order chi connectivity index (χ1) is 9.06. The molecule has 0 spiro atoms. The minimum atomic E-state index is -0.489. The average molecular weight is 254 g/mol. The highest BCUT2D eigenvalue weighted by molar-refractivity contribution is 6.04. The molecule has 96 valence electrons. The molecular formula is C15H14N2O2. The lowest BCUT2D eigenvalue weighted by Crippen LogP contribution is -2.13. The Morgan fingerprint density at radius 1 is 1.00 bits per heavy atom. The Kier molecular flexibility index (Phi) is 3.61. The summed E-state index contributed by atoms with van der Waals surface area (Å²) in [6, 6.07) is 13.8. The Balaban J connectivity index is 2.13. The highest BCUT2D eigenvalue weighted by atomic mass is 16.2. The number of aryl methyl sites for hydroxylation is 1. The summed E-state index contributed by atoms with van der Waals surface area (Å²) in [5.41, 5.74) is 7.80. The van der Waals surface area contributed by atoms with E-state index in [4.69, 9.17) is 5.73 Å². The van der Waals surface area contributed by atoms with Crippen molar-refractivity contribution in [1.29, 1.82) is 0 Å². The molecule has 0 bridgehead atoms. The molecule has 2 amide bonds. The standard InChI is InChI=1S/C15H14N2O2/c1-10-3-2-4-12(9-10)15(19)17-13-7-5-11(6-8-13)14(16)18/h2-9H,1H3,(H2,16,18)(H,17,19). The van der Waals surface area contributed by atoms with Crippen LogP contribution in [0.5, 0.6) is 0 Å². The van der Waals surface area contributed by atoms with Crippen LogP contribution in [0, 0.1) is 6.92 Å². The van der Waals surface area contributed by atoms with Crippen molar-refractivity contribution in [2.75, 3.05) is 5.32 Å². The van der Waals surface area contributed by atoms with E-state index < -0.39 is 5.91 Å². The Hall–Kier alpha value is -2.62. The summed E-state index contributed by atoms with van der Waals surface area (Å²) in [5.74, 6) is -0.674. The van der Waals surface area contributed by atoms with Crippen LogP contribution in [0.2, 0.25) is 0 Å². The van der Waals surface area contributed by atoms with Gasteiger partial charge in [0.1, 0.15) is 0 Å². The summed E-state index contributed by atoms with van der Waals surface area (Å²) in [4.78, 5) is 22.9. The first-order valence-corrected chi connectivity index (χ1v) is 5.84. The van der Waals surface area contributed by atoms with Gasteiger partial charge in [-0.1, -0.05) is 17.7 Å². The minimum Gasteiger partial charge on any atom is -0.366 e. The van der Waals surface area contributed by atoms with E-state index >= 15 is 0 Å². The van der Waals surface area contributed by atoms with Crippen molar-refractivity contribution in [2.45, 2.75) is 6.92 Å². The van der Waals surface area contributed by atoms with Gasteiger partial charge in [-0.15, -0.1) is 0 Å². The fraction of sp³-hybridized carbons (Fsp3) is 0.0667. The summed E-state index contributed by atoms with van der Waals surface area (Å²) in [6.45, 7) is 1.93. The normalized spacial score (nSPS) is 9.95. The number of hydrogen-bond acceptors (Lipinski definition) is 2. The van der Waals surface area contributed by atoms with Crippen LogP contribution in [0.1, 0.15) is 26.3 Å². The van der Waals surface area contributed by atoms with Crippen molar-refractivity contribution in [3.05, 3.63) is 65.2 Å². The third kappa shape index (κ3) is 3.19. The second-order valence-electron chi connectivity index (χ2n) is 4.27. The number of hydrogen-bond donors (Lipinski definition) is 2. The lowest BCUT2D eigenvalue weighted by Gasteiger charge is -2.06. The van der Waals surface area contributed by atoms with Crippen molar-refractivity contribution in [2.24, 2.45) is 5.73 Å². The van der Waals surface area contributed by atoms with Crippen LogP contribution in [0.3, 0.4) is 0 Å². The summed E-state index contributed by atoms with van der Waals surface area (Å²) in [5, 5.41) is 2.76. The molecule has 0 radical (unpaired) electrons. The molecule has 0 saturated heterocycles. The molecule has 0 aromatic heterocycles. The van der Waals surface area contributed by atoms with Gasteiger partial charge in [-0.3, -0.25) is 9.59 Å². The number of nitrogens with one attached hydrogen (secondary N) is 1. The molecule has 0 saturated carbocycles. The molecule has 0 aliphatic rings. The molecule has 2 aromatic rings. The summed E-state index contributed by atoms with van der Waals surface area (Å²) < 4.78 is 0. The average Bonchev–Trinajstić information content (AvgIpc) is 2.39. The Labute approximate surface area is 111 Å². The van der Waals surface area contributed by atoms with Crippen LogP contribution in [-0.2, 0) is 0 Å². The highest BCUT2D eigenvalue weighted by Crippen LogP contribution is 2.12. The van der Waals surface area contributed by atoms with Gasteiger partial charge in [-0.05, 0) is 43.3 Å². The van der Waals surface area contributed by atoms with E-state index in [1.807, 2.05) is 25.1 Å². The van der Waals surface area contributed by atoms with Crippen LogP contribution in [0.25, 0.3) is 0 Å². The summed E-state index contributed by atoms with van der Waals surface area (Å²) in [6.07, 6.45) is 0. The number of nitrogens with two attached hydrogens (primary N) is 1. The molecule has 0 unspecified atom stereocenters. The third-order valence-electron chi connectivity index (χ3n) is 2.71. The highest BCUT2D eigenvalue weighted by Gasteiger charge is 2.06. The van der Waals surface area contributed by atoms with Crippen LogP contribution >= 0.6 is 0 Å². The van der Waals surface area contributed by atoms with E-state index in [0.717, 1.165) is 5.56 Å².